The zero-order valence-electron chi connectivity index (χ0n) is 16.2. The number of carbonyl (C=O) groups excluding carboxylic acids is 1. The van der Waals surface area contributed by atoms with Crippen molar-refractivity contribution in [3.05, 3.63) is 72.3 Å². The van der Waals surface area contributed by atoms with E-state index in [0.29, 0.717) is 28.4 Å². The minimum atomic E-state index is 0.361. The van der Waals surface area contributed by atoms with Gasteiger partial charge in [-0.1, -0.05) is 42.1 Å². The van der Waals surface area contributed by atoms with Crippen molar-refractivity contribution >= 4 is 29.5 Å². The van der Waals surface area contributed by atoms with E-state index >= 15 is 0 Å². The van der Waals surface area contributed by atoms with Crippen LogP contribution < -0.4 is 16.2 Å². The fourth-order valence-electron chi connectivity index (χ4n) is 2.16. The Labute approximate surface area is 174 Å². The van der Waals surface area contributed by atoms with E-state index in [1.165, 1.54) is 4.90 Å². The SMILES string of the molecule is CN(C)C=O.N#Cc1ccccc1Oc1cc(Sc2ccccc2)cc(N)c1N. The summed E-state index contributed by atoms with van der Waals surface area (Å²) < 4.78 is 5.85. The van der Waals surface area contributed by atoms with Crippen LogP contribution in [0, 0.1) is 11.3 Å². The number of carbonyl (C=O) groups is 1. The molecule has 3 aromatic rings. The molecule has 7 heteroatoms. The van der Waals surface area contributed by atoms with Crippen molar-refractivity contribution in [2.24, 2.45) is 0 Å². The van der Waals surface area contributed by atoms with Crippen molar-refractivity contribution in [3.8, 4) is 17.6 Å². The summed E-state index contributed by atoms with van der Waals surface area (Å²) in [7, 11) is 3.38. The number of hydrogen-bond acceptors (Lipinski definition) is 6. The minimum Gasteiger partial charge on any atom is -0.454 e. The second-order valence-corrected chi connectivity index (χ2v) is 7.27. The highest BCUT2D eigenvalue weighted by atomic mass is 32.2. The van der Waals surface area contributed by atoms with Crippen LogP contribution in [0.15, 0.2) is 76.5 Å². The number of nitrogens with two attached hydrogens (primary N) is 2. The van der Waals surface area contributed by atoms with E-state index in [1.807, 2.05) is 42.5 Å². The zero-order chi connectivity index (χ0) is 21.2. The smallest absolute Gasteiger partial charge is 0.209 e. The molecule has 0 aromatic heterocycles. The number of rotatable bonds is 5. The van der Waals surface area contributed by atoms with E-state index in [4.69, 9.17) is 16.2 Å². The van der Waals surface area contributed by atoms with Gasteiger partial charge in [-0.15, -0.1) is 0 Å². The van der Waals surface area contributed by atoms with Crippen LogP contribution in [0.5, 0.6) is 11.5 Å². The lowest BCUT2D eigenvalue weighted by Gasteiger charge is -2.13. The fraction of sp³-hybridized carbons (Fsp3) is 0.0909. The molecule has 148 valence electrons. The van der Waals surface area contributed by atoms with Gasteiger partial charge in [0.2, 0.25) is 6.41 Å². The third-order valence-electron chi connectivity index (χ3n) is 3.56. The third-order valence-corrected chi connectivity index (χ3v) is 4.54. The van der Waals surface area contributed by atoms with Gasteiger partial charge in [-0.05, 0) is 36.4 Å². The van der Waals surface area contributed by atoms with Gasteiger partial charge in [0.15, 0.2) is 5.75 Å². The first kappa shape index (κ1) is 21.7. The van der Waals surface area contributed by atoms with E-state index in [1.54, 1.807) is 50.1 Å². The van der Waals surface area contributed by atoms with Crippen LogP contribution in [-0.4, -0.2) is 25.4 Å². The van der Waals surface area contributed by atoms with E-state index in [2.05, 4.69) is 6.07 Å². The number of para-hydroxylation sites is 1. The molecule has 0 saturated carbocycles. The van der Waals surface area contributed by atoms with Crippen LogP contribution >= 0.6 is 11.8 Å². The van der Waals surface area contributed by atoms with Crippen molar-refractivity contribution in [3.63, 3.8) is 0 Å². The lowest BCUT2D eigenvalue weighted by Crippen LogP contribution is -2.06. The molecule has 0 unspecified atom stereocenters. The van der Waals surface area contributed by atoms with E-state index in [9.17, 15) is 10.1 Å². The highest BCUT2D eigenvalue weighted by Gasteiger charge is 2.11. The summed E-state index contributed by atoms with van der Waals surface area (Å²) in [4.78, 5) is 12.9. The molecule has 3 rings (SSSR count). The van der Waals surface area contributed by atoms with Crippen LogP contribution in [0.4, 0.5) is 11.4 Å². The van der Waals surface area contributed by atoms with Crippen LogP contribution in [0.3, 0.4) is 0 Å². The summed E-state index contributed by atoms with van der Waals surface area (Å²) in [5.74, 6) is 0.893. The Hall–Kier alpha value is -3.63. The number of nitriles is 1. The molecule has 0 aliphatic rings. The number of benzene rings is 3. The molecule has 0 spiro atoms. The van der Waals surface area contributed by atoms with Crippen molar-refractivity contribution < 1.29 is 9.53 Å². The topological polar surface area (TPSA) is 105 Å². The molecule has 4 N–H and O–H groups in total. The Morgan fingerprint density at radius 1 is 0.966 bits per heavy atom. The van der Waals surface area contributed by atoms with Gasteiger partial charge in [0.05, 0.1) is 16.9 Å². The minimum absolute atomic E-state index is 0.361. The molecular formula is C22H22N4O2S. The molecule has 3 aromatic carbocycles. The van der Waals surface area contributed by atoms with Gasteiger partial charge in [0, 0.05) is 23.9 Å². The lowest BCUT2D eigenvalue weighted by atomic mass is 10.2. The summed E-state index contributed by atoms with van der Waals surface area (Å²) in [6.45, 7) is 0. The largest absolute Gasteiger partial charge is 0.454 e. The van der Waals surface area contributed by atoms with Crippen LogP contribution in [-0.2, 0) is 4.79 Å². The summed E-state index contributed by atoms with van der Waals surface area (Å²) >= 11 is 1.56. The predicted octanol–water partition coefficient (Wildman–Crippen LogP) is 4.37. The molecule has 0 bridgehead atoms. The third kappa shape index (κ3) is 6.48. The monoisotopic (exact) mass is 406 g/mol. The Bertz CT molecular complexity index is 1000. The first-order valence-electron chi connectivity index (χ1n) is 8.65. The van der Waals surface area contributed by atoms with Crippen molar-refractivity contribution in [2.45, 2.75) is 9.79 Å². The number of amides is 1. The molecule has 0 aliphatic carbocycles. The number of nitrogen functional groups attached to an aromatic ring is 2. The molecule has 0 heterocycles. The number of ether oxygens (including phenoxy) is 1. The molecule has 1 amide bonds. The summed E-state index contributed by atoms with van der Waals surface area (Å²) in [6, 6.07) is 22.7. The standard InChI is InChI=1S/C19H15N3OS.C3H7NO/c20-12-13-6-4-5-9-17(13)23-18-11-15(10-16(21)19(18)22)24-14-7-2-1-3-8-14;1-4(2)3-5/h1-11H,21-22H2;3H,1-2H3. The van der Waals surface area contributed by atoms with Crippen LogP contribution in [0.25, 0.3) is 0 Å². The maximum Gasteiger partial charge on any atom is 0.209 e. The highest BCUT2D eigenvalue weighted by Crippen LogP contribution is 2.39. The van der Waals surface area contributed by atoms with Crippen molar-refractivity contribution in [1.82, 2.24) is 4.90 Å². The van der Waals surface area contributed by atoms with Crippen molar-refractivity contribution in [2.75, 3.05) is 25.6 Å². The Morgan fingerprint density at radius 2 is 1.59 bits per heavy atom. The molecule has 0 aliphatic heterocycles. The van der Waals surface area contributed by atoms with Gasteiger partial charge < -0.3 is 21.1 Å². The quantitative estimate of drug-likeness (QED) is 0.481. The highest BCUT2D eigenvalue weighted by molar-refractivity contribution is 7.99. The Balaban J connectivity index is 0.000000537. The first-order valence-corrected chi connectivity index (χ1v) is 9.47. The molecule has 0 radical (unpaired) electrons. The van der Waals surface area contributed by atoms with Gasteiger partial charge in [0.25, 0.3) is 0 Å². The van der Waals surface area contributed by atoms with Crippen LogP contribution in [0.1, 0.15) is 5.56 Å². The molecule has 0 atom stereocenters. The lowest BCUT2D eigenvalue weighted by molar-refractivity contribution is -0.115. The van der Waals surface area contributed by atoms with E-state index in [0.717, 1.165) is 16.2 Å². The van der Waals surface area contributed by atoms with Gasteiger partial charge in [-0.2, -0.15) is 5.26 Å². The average Bonchev–Trinajstić information content (AvgIpc) is 2.73. The second kappa shape index (κ2) is 10.6. The second-order valence-electron chi connectivity index (χ2n) is 6.12. The predicted molar refractivity (Wildman–Crippen MR) is 117 cm³/mol. The molecule has 6 nitrogen and oxygen atoms in total. The maximum absolute atomic E-state index is 9.43. The fourth-order valence-corrected chi connectivity index (χ4v) is 3.07. The number of anilines is 2. The van der Waals surface area contributed by atoms with Gasteiger partial charge in [0.1, 0.15) is 11.8 Å². The Kier molecular flexibility index (Phi) is 7.95. The van der Waals surface area contributed by atoms with E-state index in [-0.39, 0.29) is 0 Å². The van der Waals surface area contributed by atoms with Gasteiger partial charge in [-0.3, -0.25) is 4.79 Å². The maximum atomic E-state index is 9.43. The summed E-state index contributed by atoms with van der Waals surface area (Å²) in [5.41, 5.74) is 13.3. The first-order chi connectivity index (χ1) is 13.9. The Morgan fingerprint density at radius 3 is 2.21 bits per heavy atom. The average molecular weight is 407 g/mol. The van der Waals surface area contributed by atoms with E-state index < -0.39 is 0 Å². The molecule has 0 saturated heterocycles. The van der Waals surface area contributed by atoms with Crippen LogP contribution in [0.2, 0.25) is 0 Å². The summed E-state index contributed by atoms with van der Waals surface area (Å²) in [6.07, 6.45) is 0.750. The number of hydrogen-bond donors (Lipinski definition) is 2. The van der Waals surface area contributed by atoms with Crippen molar-refractivity contribution in [1.29, 1.82) is 5.26 Å². The zero-order valence-corrected chi connectivity index (χ0v) is 17.0. The summed E-state index contributed by atoms with van der Waals surface area (Å²) in [5, 5.41) is 9.18. The number of nitrogens with zero attached hydrogens (tertiary/aromatic N) is 2. The normalized spacial score (nSPS) is 9.55. The molecule has 29 heavy (non-hydrogen) atoms. The van der Waals surface area contributed by atoms with Gasteiger partial charge >= 0.3 is 0 Å². The molecular weight excluding hydrogens is 384 g/mol. The van der Waals surface area contributed by atoms with Gasteiger partial charge in [-0.25, -0.2) is 0 Å². The molecule has 0 fully saturated rings.